The number of piperidine rings is 1. The molecule has 1 aliphatic rings. The molecule has 1 aliphatic heterocycles. The van der Waals surface area contributed by atoms with Crippen LogP contribution in [0.5, 0.6) is 0 Å². The predicted molar refractivity (Wildman–Crippen MR) is 97.2 cm³/mol. The number of pyridine rings is 1. The summed E-state index contributed by atoms with van der Waals surface area (Å²) in [4.78, 5) is 18.6. The van der Waals surface area contributed by atoms with Crippen LogP contribution in [-0.2, 0) is 5.60 Å². The summed E-state index contributed by atoms with van der Waals surface area (Å²) < 4.78 is 5.00. The summed E-state index contributed by atoms with van der Waals surface area (Å²) in [5.41, 5.74) is 0.0896. The topological polar surface area (TPSA) is 66.6 Å². The second-order valence-electron chi connectivity index (χ2n) is 6.59. The summed E-state index contributed by atoms with van der Waals surface area (Å²) in [6, 6.07) is 8.92. The summed E-state index contributed by atoms with van der Waals surface area (Å²) in [5.74, 6) is 2.48. The average molecular weight is 346 g/mol. The van der Waals surface area contributed by atoms with Gasteiger partial charge in [-0.25, -0.2) is 0 Å². The number of aromatic nitrogens is 1. The number of benzene rings is 1. The van der Waals surface area contributed by atoms with Gasteiger partial charge < -0.3 is 14.4 Å². The third kappa shape index (κ3) is 2.65. The molecule has 26 heavy (non-hydrogen) atoms. The summed E-state index contributed by atoms with van der Waals surface area (Å²) in [5, 5.41) is 13.3. The van der Waals surface area contributed by atoms with E-state index in [0.29, 0.717) is 18.5 Å². The van der Waals surface area contributed by atoms with Gasteiger partial charge >= 0.3 is 0 Å². The summed E-state index contributed by atoms with van der Waals surface area (Å²) >= 11 is 0. The molecule has 2 unspecified atom stereocenters. The zero-order chi connectivity index (χ0) is 18.1. The molecule has 0 spiro atoms. The fourth-order valence-corrected chi connectivity index (χ4v) is 3.67. The Hall–Kier alpha value is -3.10. The first-order valence-corrected chi connectivity index (χ1v) is 8.47. The highest BCUT2D eigenvalue weighted by Gasteiger charge is 2.42. The molecule has 1 fully saturated rings. The number of hydrogen-bond acceptors (Lipinski definition) is 4. The summed E-state index contributed by atoms with van der Waals surface area (Å²) in [6.07, 6.45) is 12.7. The van der Waals surface area contributed by atoms with Gasteiger partial charge in [-0.15, -0.1) is 6.42 Å². The van der Waals surface area contributed by atoms with E-state index in [2.05, 4.69) is 10.9 Å². The maximum Gasteiger partial charge on any atom is 0.258 e. The van der Waals surface area contributed by atoms with E-state index in [4.69, 9.17) is 10.8 Å². The van der Waals surface area contributed by atoms with Gasteiger partial charge in [-0.1, -0.05) is 30.2 Å². The predicted octanol–water partition coefficient (Wildman–Crippen LogP) is 2.95. The molecular weight excluding hydrogens is 328 g/mol. The molecule has 3 aromatic rings. The molecule has 4 rings (SSSR count). The molecule has 5 heteroatoms. The molecular formula is C21H18N2O3. The van der Waals surface area contributed by atoms with Crippen molar-refractivity contribution in [3.8, 4) is 12.3 Å². The first-order valence-electron chi connectivity index (χ1n) is 8.47. The molecule has 0 aliphatic carbocycles. The molecule has 2 atom stereocenters. The Morgan fingerprint density at radius 3 is 2.96 bits per heavy atom. The Labute approximate surface area is 151 Å². The van der Waals surface area contributed by atoms with Crippen LogP contribution in [0.4, 0.5) is 0 Å². The monoisotopic (exact) mass is 346 g/mol. The van der Waals surface area contributed by atoms with E-state index in [-0.39, 0.29) is 12.3 Å². The minimum absolute atomic E-state index is 0.181. The Bertz CT molecular complexity index is 985. The summed E-state index contributed by atoms with van der Waals surface area (Å²) in [7, 11) is 0. The number of terminal acetylenes is 1. The highest BCUT2D eigenvalue weighted by molar-refractivity contribution is 5.94. The molecule has 130 valence electrons. The fraction of sp³-hybridized carbons (Fsp3) is 0.238. The van der Waals surface area contributed by atoms with Crippen molar-refractivity contribution >= 4 is 16.7 Å². The molecule has 0 saturated carbocycles. The minimum Gasteiger partial charge on any atom is -0.472 e. The Balaban J connectivity index is 1.68. The van der Waals surface area contributed by atoms with Crippen LogP contribution in [0.15, 0.2) is 59.7 Å². The smallest absolute Gasteiger partial charge is 0.258 e. The van der Waals surface area contributed by atoms with E-state index in [1.54, 1.807) is 23.4 Å². The highest BCUT2D eigenvalue weighted by Crippen LogP contribution is 2.39. The van der Waals surface area contributed by atoms with E-state index >= 15 is 0 Å². The minimum atomic E-state index is -1.13. The SMILES string of the molecule is C#CC1CC(O)(c2cncc3ccccc23)CCN1C(=O)c1ccoc1. The largest absolute Gasteiger partial charge is 0.472 e. The molecule has 1 aromatic carbocycles. The van der Waals surface area contributed by atoms with Crippen LogP contribution in [-0.4, -0.2) is 33.5 Å². The van der Waals surface area contributed by atoms with Crippen LogP contribution in [0.2, 0.25) is 0 Å². The van der Waals surface area contributed by atoms with E-state index < -0.39 is 11.6 Å². The first-order chi connectivity index (χ1) is 12.6. The number of likely N-dealkylation sites (tertiary alicyclic amines) is 1. The Morgan fingerprint density at radius 1 is 1.35 bits per heavy atom. The van der Waals surface area contributed by atoms with Crippen LogP contribution in [0.3, 0.4) is 0 Å². The lowest BCUT2D eigenvalue weighted by Gasteiger charge is -2.42. The molecule has 5 nitrogen and oxygen atoms in total. The van der Waals surface area contributed by atoms with E-state index in [9.17, 15) is 9.90 Å². The Kier molecular flexibility index (Phi) is 3.98. The van der Waals surface area contributed by atoms with Crippen molar-refractivity contribution < 1.29 is 14.3 Å². The normalized spacial score (nSPS) is 22.9. The number of rotatable bonds is 2. The fourth-order valence-electron chi connectivity index (χ4n) is 3.67. The molecule has 1 N–H and O–H groups in total. The lowest BCUT2D eigenvalue weighted by Crippen LogP contribution is -2.51. The lowest BCUT2D eigenvalue weighted by molar-refractivity contribution is -0.0322. The van der Waals surface area contributed by atoms with Gasteiger partial charge in [0.25, 0.3) is 5.91 Å². The van der Waals surface area contributed by atoms with Crippen LogP contribution < -0.4 is 0 Å². The van der Waals surface area contributed by atoms with E-state index in [1.807, 2.05) is 24.3 Å². The van der Waals surface area contributed by atoms with Crippen molar-refractivity contribution in [3.63, 3.8) is 0 Å². The molecule has 1 saturated heterocycles. The van der Waals surface area contributed by atoms with Crippen molar-refractivity contribution in [1.29, 1.82) is 0 Å². The average Bonchev–Trinajstić information content (AvgIpc) is 3.21. The number of fused-ring (bicyclic) bond motifs is 1. The van der Waals surface area contributed by atoms with Crippen LogP contribution in [0.25, 0.3) is 10.8 Å². The van der Waals surface area contributed by atoms with Crippen LogP contribution in [0, 0.1) is 12.3 Å². The number of carbonyl (C=O) groups excluding carboxylic acids is 1. The number of nitrogens with zero attached hydrogens (tertiary/aromatic N) is 2. The number of carbonyl (C=O) groups is 1. The van der Waals surface area contributed by atoms with Gasteiger partial charge in [-0.3, -0.25) is 9.78 Å². The Morgan fingerprint density at radius 2 is 2.19 bits per heavy atom. The third-order valence-corrected chi connectivity index (χ3v) is 5.06. The van der Waals surface area contributed by atoms with Crippen molar-refractivity contribution in [2.45, 2.75) is 24.5 Å². The zero-order valence-electron chi connectivity index (χ0n) is 14.1. The number of amides is 1. The van der Waals surface area contributed by atoms with Gasteiger partial charge in [-0.05, 0) is 17.9 Å². The first kappa shape index (κ1) is 16.4. The second-order valence-corrected chi connectivity index (χ2v) is 6.59. The molecule has 1 amide bonds. The third-order valence-electron chi connectivity index (χ3n) is 5.06. The standard InChI is InChI=1S/C21H18N2O3/c1-2-17-11-21(25,8-9-23(17)20(24)16-7-10-26-14-16)19-13-22-12-15-5-3-4-6-18(15)19/h1,3-7,10,12-14,17,25H,8-9,11H2. The number of hydrogen-bond donors (Lipinski definition) is 1. The quantitative estimate of drug-likeness (QED) is 0.725. The summed E-state index contributed by atoms with van der Waals surface area (Å²) in [6.45, 7) is 0.360. The molecule has 0 radical (unpaired) electrons. The lowest BCUT2D eigenvalue weighted by atomic mass is 9.79. The van der Waals surface area contributed by atoms with Gasteiger partial charge in [0.15, 0.2) is 0 Å². The van der Waals surface area contributed by atoms with Crippen LogP contribution in [0.1, 0.15) is 28.8 Å². The zero-order valence-corrected chi connectivity index (χ0v) is 14.1. The second kappa shape index (κ2) is 6.32. The molecule has 2 aromatic heterocycles. The van der Waals surface area contributed by atoms with E-state index in [0.717, 1.165) is 16.3 Å². The van der Waals surface area contributed by atoms with Crippen molar-refractivity contribution in [1.82, 2.24) is 9.88 Å². The van der Waals surface area contributed by atoms with Gasteiger partial charge in [0.05, 0.1) is 23.5 Å². The van der Waals surface area contributed by atoms with Crippen molar-refractivity contribution in [2.75, 3.05) is 6.54 Å². The highest BCUT2D eigenvalue weighted by atomic mass is 16.3. The van der Waals surface area contributed by atoms with Crippen molar-refractivity contribution in [3.05, 3.63) is 66.4 Å². The number of aliphatic hydroxyl groups is 1. The van der Waals surface area contributed by atoms with Gasteiger partial charge in [-0.2, -0.15) is 0 Å². The van der Waals surface area contributed by atoms with Gasteiger partial charge in [0.2, 0.25) is 0 Å². The van der Waals surface area contributed by atoms with Gasteiger partial charge in [0, 0.05) is 36.3 Å². The van der Waals surface area contributed by atoms with E-state index in [1.165, 1.54) is 12.5 Å². The number of furan rings is 1. The molecule has 0 bridgehead atoms. The van der Waals surface area contributed by atoms with Crippen molar-refractivity contribution in [2.24, 2.45) is 0 Å². The van der Waals surface area contributed by atoms with Crippen LogP contribution >= 0.6 is 0 Å². The molecule has 3 heterocycles. The maximum atomic E-state index is 12.7. The maximum absolute atomic E-state index is 12.7. The van der Waals surface area contributed by atoms with Gasteiger partial charge in [0.1, 0.15) is 6.26 Å².